The summed E-state index contributed by atoms with van der Waals surface area (Å²) in [5, 5.41) is 3.49. The smallest absolute Gasteiger partial charge is 0.266 e. The molecule has 0 radical (unpaired) electrons. The first kappa shape index (κ1) is 20.4. The van der Waals surface area contributed by atoms with Gasteiger partial charge in [0.05, 0.1) is 10.3 Å². The minimum absolute atomic E-state index is 0. The van der Waals surface area contributed by atoms with Gasteiger partial charge in [-0.1, -0.05) is 12.5 Å². The van der Waals surface area contributed by atoms with Crippen LogP contribution in [0, 0.1) is 13.8 Å². The molecule has 0 aliphatic carbocycles. The standard InChI is InChI=1S/C20H22N4O2S.ClH/c1-11-7-8-13(21)10-14(11)22-18(25)17-12(2)16-19(27-17)23-15-6-4-3-5-9-24(15)20(16)26;/h7-8,10H,3-6,9,21H2,1-2H3,(H,22,25);1H. The number of benzene rings is 1. The van der Waals surface area contributed by atoms with Gasteiger partial charge >= 0.3 is 0 Å². The number of aryl methyl sites for hydroxylation is 3. The molecular weight excluding hydrogens is 396 g/mol. The van der Waals surface area contributed by atoms with Crippen LogP contribution < -0.4 is 16.6 Å². The topological polar surface area (TPSA) is 90.0 Å². The number of hydrogen-bond acceptors (Lipinski definition) is 5. The Hall–Kier alpha value is -2.38. The molecule has 3 N–H and O–H groups in total. The number of fused-ring (bicyclic) bond motifs is 2. The molecule has 0 bridgehead atoms. The van der Waals surface area contributed by atoms with Crippen molar-refractivity contribution in [2.45, 2.75) is 46.1 Å². The lowest BCUT2D eigenvalue weighted by atomic mass is 10.1. The van der Waals surface area contributed by atoms with Crippen LogP contribution in [0.5, 0.6) is 0 Å². The van der Waals surface area contributed by atoms with Gasteiger partial charge < -0.3 is 11.1 Å². The number of carbonyl (C=O) groups excluding carboxylic acids is 1. The highest BCUT2D eigenvalue weighted by Gasteiger charge is 2.22. The van der Waals surface area contributed by atoms with E-state index >= 15 is 0 Å². The molecule has 0 spiro atoms. The maximum atomic E-state index is 13.0. The summed E-state index contributed by atoms with van der Waals surface area (Å²) in [5.74, 6) is 0.605. The number of nitrogen functional groups attached to an aromatic ring is 1. The lowest BCUT2D eigenvalue weighted by Gasteiger charge is -2.09. The number of thiophene rings is 1. The summed E-state index contributed by atoms with van der Waals surface area (Å²) in [7, 11) is 0. The van der Waals surface area contributed by atoms with Gasteiger partial charge in [-0.05, 0) is 49.9 Å². The van der Waals surface area contributed by atoms with Crippen LogP contribution in [0.1, 0.15) is 45.9 Å². The summed E-state index contributed by atoms with van der Waals surface area (Å²) in [6.45, 7) is 4.45. The number of nitrogens with two attached hydrogens (primary N) is 1. The summed E-state index contributed by atoms with van der Waals surface area (Å²) < 4.78 is 1.79. The third-order valence-electron chi connectivity index (χ3n) is 5.13. The van der Waals surface area contributed by atoms with Gasteiger partial charge in [0.15, 0.2) is 0 Å². The van der Waals surface area contributed by atoms with Crippen molar-refractivity contribution in [1.29, 1.82) is 0 Å². The summed E-state index contributed by atoms with van der Waals surface area (Å²) in [5.41, 5.74) is 8.71. The molecule has 6 nitrogen and oxygen atoms in total. The molecule has 0 atom stereocenters. The van der Waals surface area contributed by atoms with E-state index < -0.39 is 0 Å². The summed E-state index contributed by atoms with van der Waals surface area (Å²) in [6, 6.07) is 5.41. The maximum Gasteiger partial charge on any atom is 0.266 e. The third-order valence-corrected chi connectivity index (χ3v) is 6.31. The minimum atomic E-state index is -0.233. The van der Waals surface area contributed by atoms with Crippen LogP contribution in [0.15, 0.2) is 23.0 Å². The second-order valence-corrected chi connectivity index (χ2v) is 8.06. The van der Waals surface area contributed by atoms with Gasteiger partial charge in [0, 0.05) is 24.3 Å². The zero-order chi connectivity index (χ0) is 19.1. The molecule has 8 heteroatoms. The SMILES string of the molecule is Cc1ccc(N)cc1NC(=O)c1sc2nc3n(c(=O)c2c1C)CCCCC3.Cl. The number of aromatic nitrogens is 2. The largest absolute Gasteiger partial charge is 0.399 e. The van der Waals surface area contributed by atoms with Gasteiger partial charge in [-0.25, -0.2) is 4.98 Å². The van der Waals surface area contributed by atoms with Gasteiger partial charge in [-0.2, -0.15) is 0 Å². The maximum absolute atomic E-state index is 13.0. The number of nitrogens with zero attached hydrogens (tertiary/aromatic N) is 2. The highest BCUT2D eigenvalue weighted by molar-refractivity contribution is 7.20. The van der Waals surface area contributed by atoms with E-state index in [-0.39, 0.29) is 23.9 Å². The molecule has 0 saturated carbocycles. The number of rotatable bonds is 2. The molecule has 0 saturated heterocycles. The molecule has 0 unspecified atom stereocenters. The van der Waals surface area contributed by atoms with Crippen molar-refractivity contribution in [2.75, 3.05) is 11.1 Å². The lowest BCUT2D eigenvalue weighted by Crippen LogP contribution is -2.24. The minimum Gasteiger partial charge on any atom is -0.399 e. The van der Waals surface area contributed by atoms with Crippen LogP contribution in [-0.4, -0.2) is 15.5 Å². The Morgan fingerprint density at radius 2 is 2.04 bits per heavy atom. The van der Waals surface area contributed by atoms with E-state index in [1.54, 1.807) is 16.7 Å². The highest BCUT2D eigenvalue weighted by Crippen LogP contribution is 2.29. The van der Waals surface area contributed by atoms with Crippen LogP contribution in [0.2, 0.25) is 0 Å². The van der Waals surface area contributed by atoms with Crippen molar-refractivity contribution < 1.29 is 4.79 Å². The average Bonchev–Trinajstić information content (AvgIpc) is 2.80. The van der Waals surface area contributed by atoms with E-state index in [0.29, 0.717) is 38.6 Å². The Morgan fingerprint density at radius 3 is 2.82 bits per heavy atom. The Kier molecular flexibility index (Phi) is 5.76. The molecule has 1 amide bonds. The lowest BCUT2D eigenvalue weighted by molar-refractivity contribution is 0.103. The zero-order valence-corrected chi connectivity index (χ0v) is 17.5. The molecule has 1 aliphatic heterocycles. The fraction of sp³-hybridized carbons (Fsp3) is 0.350. The summed E-state index contributed by atoms with van der Waals surface area (Å²) in [6.07, 6.45) is 3.96. The van der Waals surface area contributed by atoms with E-state index in [2.05, 4.69) is 5.32 Å². The van der Waals surface area contributed by atoms with Crippen molar-refractivity contribution in [3.05, 3.63) is 50.4 Å². The average molecular weight is 419 g/mol. The quantitative estimate of drug-likeness (QED) is 0.614. The monoisotopic (exact) mass is 418 g/mol. The predicted molar refractivity (Wildman–Crippen MR) is 117 cm³/mol. The number of nitrogens with one attached hydrogen (secondary N) is 1. The van der Waals surface area contributed by atoms with Gasteiger partial charge in [0.25, 0.3) is 11.5 Å². The summed E-state index contributed by atoms with van der Waals surface area (Å²) >= 11 is 1.29. The molecule has 0 fully saturated rings. The summed E-state index contributed by atoms with van der Waals surface area (Å²) in [4.78, 5) is 31.8. The molecule has 4 rings (SSSR count). The van der Waals surface area contributed by atoms with Gasteiger partial charge in [0.2, 0.25) is 0 Å². The first-order chi connectivity index (χ1) is 13.0. The molecule has 148 valence electrons. The van der Waals surface area contributed by atoms with Crippen molar-refractivity contribution in [3.8, 4) is 0 Å². The Labute approximate surface area is 173 Å². The number of hydrogen-bond donors (Lipinski definition) is 2. The molecule has 3 aromatic rings. The Morgan fingerprint density at radius 1 is 1.25 bits per heavy atom. The third kappa shape index (κ3) is 3.52. The molecule has 1 aliphatic rings. The van der Waals surface area contributed by atoms with Crippen molar-refractivity contribution in [3.63, 3.8) is 0 Å². The number of amides is 1. The van der Waals surface area contributed by atoms with E-state index in [1.165, 1.54) is 11.3 Å². The first-order valence-corrected chi connectivity index (χ1v) is 9.97. The van der Waals surface area contributed by atoms with Crippen molar-refractivity contribution >= 4 is 51.2 Å². The van der Waals surface area contributed by atoms with Gasteiger partial charge in [-0.15, -0.1) is 23.7 Å². The number of carbonyl (C=O) groups is 1. The first-order valence-electron chi connectivity index (χ1n) is 9.16. The van der Waals surface area contributed by atoms with Gasteiger partial charge in [0.1, 0.15) is 10.7 Å². The van der Waals surface area contributed by atoms with E-state index in [0.717, 1.165) is 37.1 Å². The number of anilines is 2. The zero-order valence-electron chi connectivity index (χ0n) is 15.9. The van der Waals surface area contributed by atoms with E-state index in [1.807, 2.05) is 19.9 Å². The fourth-order valence-corrected chi connectivity index (χ4v) is 4.67. The highest BCUT2D eigenvalue weighted by atomic mass is 35.5. The molecule has 28 heavy (non-hydrogen) atoms. The molecule has 2 aromatic heterocycles. The molecule has 3 heterocycles. The normalized spacial score (nSPS) is 13.5. The fourth-order valence-electron chi connectivity index (χ4n) is 3.58. The second kappa shape index (κ2) is 7.93. The van der Waals surface area contributed by atoms with E-state index in [4.69, 9.17) is 10.7 Å². The van der Waals surface area contributed by atoms with E-state index in [9.17, 15) is 9.59 Å². The Bertz CT molecular complexity index is 1120. The van der Waals surface area contributed by atoms with Crippen molar-refractivity contribution in [2.24, 2.45) is 0 Å². The van der Waals surface area contributed by atoms with Crippen molar-refractivity contribution in [1.82, 2.24) is 9.55 Å². The molecule has 1 aromatic carbocycles. The predicted octanol–water partition coefficient (Wildman–Crippen LogP) is 4.06. The number of halogens is 1. The van der Waals surface area contributed by atoms with Gasteiger partial charge in [-0.3, -0.25) is 14.2 Å². The van der Waals surface area contributed by atoms with Crippen LogP contribution in [0.4, 0.5) is 11.4 Å². The molecular formula is C20H23ClN4O2S. The Balaban J connectivity index is 0.00000225. The van der Waals surface area contributed by atoms with Crippen LogP contribution in [0.25, 0.3) is 10.2 Å². The van der Waals surface area contributed by atoms with Crippen LogP contribution >= 0.6 is 23.7 Å². The van der Waals surface area contributed by atoms with Crippen LogP contribution in [0.3, 0.4) is 0 Å². The second-order valence-electron chi connectivity index (χ2n) is 7.06. The van der Waals surface area contributed by atoms with Crippen LogP contribution in [-0.2, 0) is 13.0 Å².